The molecule has 0 aliphatic heterocycles. The first kappa shape index (κ1) is 22.9. The van der Waals surface area contributed by atoms with Crippen molar-refractivity contribution in [2.75, 3.05) is 0 Å². The molecule has 4 aromatic rings. The number of fused-ring (bicyclic) bond motifs is 2. The van der Waals surface area contributed by atoms with Crippen molar-refractivity contribution in [3.8, 4) is 6.07 Å². The molecule has 0 saturated heterocycles. The Morgan fingerprint density at radius 2 is 2.03 bits per heavy atom. The Morgan fingerprint density at radius 3 is 2.79 bits per heavy atom. The van der Waals surface area contributed by atoms with Gasteiger partial charge in [0.1, 0.15) is 11.1 Å². The van der Waals surface area contributed by atoms with Crippen molar-refractivity contribution in [3.63, 3.8) is 0 Å². The molecular weight excluding hydrogens is 458 g/mol. The van der Waals surface area contributed by atoms with Crippen molar-refractivity contribution in [1.29, 1.82) is 5.26 Å². The third-order valence-electron chi connectivity index (χ3n) is 6.97. The van der Waals surface area contributed by atoms with Gasteiger partial charge in [-0.25, -0.2) is 4.99 Å². The van der Waals surface area contributed by atoms with E-state index in [1.807, 2.05) is 24.4 Å². The van der Waals surface area contributed by atoms with E-state index in [0.717, 1.165) is 63.4 Å². The molecule has 5 heteroatoms. The summed E-state index contributed by atoms with van der Waals surface area (Å²) in [5.74, 6) is 0.645. The summed E-state index contributed by atoms with van der Waals surface area (Å²) in [6, 6.07) is 18.8. The number of hydrogen-bond donors (Lipinski definition) is 0. The Hall–Kier alpha value is -2.87. The molecule has 5 rings (SSSR count). The summed E-state index contributed by atoms with van der Waals surface area (Å²) in [6.07, 6.45) is 7.24. The Kier molecular flexibility index (Phi) is 6.10. The molecule has 172 valence electrons. The third kappa shape index (κ3) is 4.43. The zero-order chi connectivity index (χ0) is 23.9. The van der Waals surface area contributed by atoms with Gasteiger partial charge in [0.25, 0.3) is 0 Å². The van der Waals surface area contributed by atoms with Crippen molar-refractivity contribution >= 4 is 45.1 Å². The molecule has 0 unspecified atom stereocenters. The largest absolute Gasteiger partial charge is 0.342 e. The topological polar surface area (TPSA) is 41.1 Å². The van der Waals surface area contributed by atoms with Crippen LogP contribution in [0, 0.1) is 22.7 Å². The number of hydrogen-bond acceptors (Lipinski definition) is 3. The minimum Gasteiger partial charge on any atom is -0.342 e. The molecule has 0 N–H and O–H groups in total. The van der Waals surface area contributed by atoms with Crippen molar-refractivity contribution in [2.45, 2.75) is 46.6 Å². The van der Waals surface area contributed by atoms with Gasteiger partial charge in [-0.05, 0) is 59.9 Å². The summed E-state index contributed by atoms with van der Waals surface area (Å²) in [5, 5.41) is 12.7. The highest BCUT2D eigenvalue weighted by Crippen LogP contribution is 2.45. The van der Waals surface area contributed by atoms with Gasteiger partial charge < -0.3 is 4.57 Å². The van der Waals surface area contributed by atoms with Crippen LogP contribution in [-0.2, 0) is 19.4 Å². The van der Waals surface area contributed by atoms with Crippen LogP contribution in [0.15, 0.2) is 59.7 Å². The molecule has 0 spiro atoms. The maximum Gasteiger partial charge on any atom is 0.134 e. The van der Waals surface area contributed by atoms with Gasteiger partial charge >= 0.3 is 0 Å². The molecule has 0 amide bonds. The van der Waals surface area contributed by atoms with E-state index in [2.05, 4.69) is 67.9 Å². The van der Waals surface area contributed by atoms with Crippen molar-refractivity contribution in [2.24, 2.45) is 16.3 Å². The maximum atomic E-state index is 9.92. The van der Waals surface area contributed by atoms with Gasteiger partial charge in [0.15, 0.2) is 0 Å². The van der Waals surface area contributed by atoms with Crippen molar-refractivity contribution in [3.05, 3.63) is 86.9 Å². The molecule has 1 aliphatic rings. The number of aliphatic imine (C=N–C) groups is 1. The first-order valence-corrected chi connectivity index (χ1v) is 12.9. The van der Waals surface area contributed by atoms with Crippen LogP contribution in [0.1, 0.15) is 54.3 Å². The zero-order valence-corrected chi connectivity index (χ0v) is 21.4. The normalized spacial score (nSPS) is 16.1. The van der Waals surface area contributed by atoms with E-state index in [1.165, 1.54) is 10.4 Å². The van der Waals surface area contributed by atoms with Gasteiger partial charge in [-0.1, -0.05) is 62.7 Å². The summed E-state index contributed by atoms with van der Waals surface area (Å²) in [7, 11) is 0. The fraction of sp³-hybridized carbons (Fsp3) is 0.310. The van der Waals surface area contributed by atoms with Gasteiger partial charge in [-0.3, -0.25) is 0 Å². The summed E-state index contributed by atoms with van der Waals surface area (Å²) in [5.41, 5.74) is 5.64. The highest BCUT2D eigenvalue weighted by atomic mass is 35.5. The molecular formula is C29H28ClN3S. The smallest absolute Gasteiger partial charge is 0.134 e. The number of benzene rings is 2. The third-order valence-corrected chi connectivity index (χ3v) is 8.36. The van der Waals surface area contributed by atoms with E-state index >= 15 is 0 Å². The number of rotatable bonds is 4. The second-order valence-electron chi connectivity index (χ2n) is 10.2. The van der Waals surface area contributed by atoms with E-state index in [0.29, 0.717) is 5.92 Å². The second-order valence-corrected chi connectivity index (χ2v) is 11.7. The number of para-hydroxylation sites is 1. The maximum absolute atomic E-state index is 9.92. The van der Waals surface area contributed by atoms with E-state index in [9.17, 15) is 5.26 Å². The van der Waals surface area contributed by atoms with Crippen LogP contribution in [0.5, 0.6) is 0 Å². The van der Waals surface area contributed by atoms with Gasteiger partial charge in [-0.2, -0.15) is 5.26 Å². The molecule has 34 heavy (non-hydrogen) atoms. The monoisotopic (exact) mass is 485 g/mol. The Labute approximate surface area is 210 Å². The van der Waals surface area contributed by atoms with Crippen LogP contribution in [0.4, 0.5) is 5.00 Å². The average Bonchev–Trinajstić information content (AvgIpc) is 3.34. The lowest BCUT2D eigenvalue weighted by Gasteiger charge is -2.33. The van der Waals surface area contributed by atoms with E-state index in [1.54, 1.807) is 11.3 Å². The zero-order valence-electron chi connectivity index (χ0n) is 19.8. The molecule has 0 bridgehead atoms. The van der Waals surface area contributed by atoms with E-state index in [-0.39, 0.29) is 5.41 Å². The number of halogens is 1. The van der Waals surface area contributed by atoms with Gasteiger partial charge in [0.05, 0.1) is 5.56 Å². The first-order valence-electron chi connectivity index (χ1n) is 11.7. The lowest BCUT2D eigenvalue weighted by Crippen LogP contribution is -2.26. The van der Waals surface area contributed by atoms with Gasteiger partial charge in [-0.15, -0.1) is 11.3 Å². The molecule has 3 nitrogen and oxygen atoms in total. The molecule has 0 radical (unpaired) electrons. The van der Waals surface area contributed by atoms with E-state index < -0.39 is 0 Å². The molecule has 0 fully saturated rings. The fourth-order valence-corrected chi connectivity index (χ4v) is 6.42. The molecule has 2 aromatic carbocycles. The molecule has 0 saturated carbocycles. The summed E-state index contributed by atoms with van der Waals surface area (Å²) in [4.78, 5) is 6.21. The molecule has 2 heterocycles. The van der Waals surface area contributed by atoms with Crippen LogP contribution >= 0.6 is 22.9 Å². The van der Waals surface area contributed by atoms with Crippen LogP contribution in [-0.4, -0.2) is 10.8 Å². The average molecular weight is 486 g/mol. The van der Waals surface area contributed by atoms with Crippen LogP contribution < -0.4 is 0 Å². The predicted molar refractivity (Wildman–Crippen MR) is 144 cm³/mol. The number of aromatic nitrogens is 1. The fourth-order valence-electron chi connectivity index (χ4n) is 4.99. The van der Waals surface area contributed by atoms with Gasteiger partial charge in [0.2, 0.25) is 0 Å². The van der Waals surface area contributed by atoms with Gasteiger partial charge in [0, 0.05) is 45.3 Å². The molecule has 2 aromatic heterocycles. The highest BCUT2D eigenvalue weighted by molar-refractivity contribution is 7.16. The molecule has 1 atom stereocenters. The summed E-state index contributed by atoms with van der Waals surface area (Å²) in [6.45, 7) is 7.69. The Morgan fingerprint density at radius 1 is 1.21 bits per heavy atom. The minimum absolute atomic E-state index is 0.280. The standard InChI is InChI=1S/C29H28ClN3S/c1-29(2,3)21-11-12-24-25(15-31)28(34-27(24)14-21)32-16-20-18-33(26-10-5-4-9-23(20)26)17-19-7-6-8-22(30)13-19/h4-10,13,16,18,21H,11-12,14,17H2,1-3H3/t21-/m1/s1. The first-order chi connectivity index (χ1) is 16.3. The molecule has 1 aliphatic carbocycles. The number of nitrogens with zero attached hydrogens (tertiary/aromatic N) is 3. The second kappa shape index (κ2) is 9.06. The van der Waals surface area contributed by atoms with Crippen LogP contribution in [0.3, 0.4) is 0 Å². The van der Waals surface area contributed by atoms with E-state index in [4.69, 9.17) is 16.6 Å². The quantitative estimate of drug-likeness (QED) is 0.268. The summed E-state index contributed by atoms with van der Waals surface area (Å²) < 4.78 is 2.24. The lowest BCUT2D eigenvalue weighted by atomic mass is 9.72. The van der Waals surface area contributed by atoms with Crippen LogP contribution in [0.25, 0.3) is 10.9 Å². The van der Waals surface area contributed by atoms with Crippen molar-refractivity contribution < 1.29 is 0 Å². The SMILES string of the molecule is CC(C)(C)[C@@H]1CCc2c(sc(N=Cc3cn(Cc4cccc(Cl)c4)c4ccccc34)c2C#N)C1. The summed E-state index contributed by atoms with van der Waals surface area (Å²) >= 11 is 7.90. The lowest BCUT2D eigenvalue weighted by molar-refractivity contribution is 0.218. The minimum atomic E-state index is 0.280. The number of thiophene rings is 1. The Balaban J connectivity index is 1.49. The number of nitriles is 1. The Bertz CT molecular complexity index is 1430. The highest BCUT2D eigenvalue weighted by Gasteiger charge is 2.32. The van der Waals surface area contributed by atoms with Crippen LogP contribution in [0.2, 0.25) is 5.02 Å². The van der Waals surface area contributed by atoms with Crippen molar-refractivity contribution in [1.82, 2.24) is 4.57 Å². The predicted octanol–water partition coefficient (Wildman–Crippen LogP) is 8.18.